The van der Waals surface area contributed by atoms with Crippen molar-refractivity contribution in [3.8, 4) is 0 Å². The van der Waals surface area contributed by atoms with Gasteiger partial charge in [0, 0.05) is 40.1 Å². The van der Waals surface area contributed by atoms with E-state index in [4.69, 9.17) is 0 Å². The average Bonchev–Trinajstić information content (AvgIpc) is 3.31. The first-order chi connectivity index (χ1) is 25.8. The van der Waals surface area contributed by atoms with Crippen LogP contribution in [-0.4, -0.2) is 29.2 Å². The molecule has 2 saturated carbocycles. The minimum Gasteiger partial charge on any atom is -0.360 e. The summed E-state index contributed by atoms with van der Waals surface area (Å²) in [6, 6.07) is 6.74. The summed E-state index contributed by atoms with van der Waals surface area (Å²) in [4.78, 5) is 6.24. The van der Waals surface area contributed by atoms with Crippen LogP contribution in [0, 0.1) is 28.1 Å². The number of nitrogens with zero attached hydrogens (tertiary/aromatic N) is 2. The fourth-order valence-corrected chi connectivity index (χ4v) is 14.1. The molecule has 298 valence electrons. The van der Waals surface area contributed by atoms with Gasteiger partial charge in [0.25, 0.3) is 0 Å². The Morgan fingerprint density at radius 3 is 2.15 bits per heavy atom. The second-order valence-corrected chi connectivity index (χ2v) is 24.1. The summed E-state index contributed by atoms with van der Waals surface area (Å²) < 4.78 is 0. The molecule has 0 saturated heterocycles. The summed E-state index contributed by atoms with van der Waals surface area (Å²) in [5.41, 5.74) is 16.5. The molecule has 2 fully saturated rings. The second-order valence-electron chi connectivity index (χ2n) is 24.1. The van der Waals surface area contributed by atoms with E-state index in [1.165, 1.54) is 89.9 Å². The first kappa shape index (κ1) is 38.4. The van der Waals surface area contributed by atoms with Gasteiger partial charge in [0.1, 0.15) is 0 Å². The number of rotatable bonds is 2. The summed E-state index contributed by atoms with van der Waals surface area (Å²) in [6.07, 6.45) is 28.2. The minimum absolute atomic E-state index is 0.109. The molecule has 1 aromatic carbocycles. The zero-order valence-electron chi connectivity index (χ0n) is 37.4. The van der Waals surface area contributed by atoms with Crippen molar-refractivity contribution < 1.29 is 0 Å². The smallest absolute Gasteiger partial charge is 0.217 e. The molecule has 9 rings (SSSR count). The first-order valence-electron chi connectivity index (χ1n) is 23.4. The molecule has 0 N–H and O–H groups in total. The number of benzene rings is 1. The van der Waals surface area contributed by atoms with E-state index >= 15 is 0 Å². The summed E-state index contributed by atoms with van der Waals surface area (Å²) in [5.74, 6) is 2.57. The van der Waals surface area contributed by atoms with Gasteiger partial charge >= 0.3 is 0 Å². The molecule has 1 spiro atoms. The van der Waals surface area contributed by atoms with Crippen LogP contribution in [0.2, 0.25) is 5.82 Å². The zero-order valence-corrected chi connectivity index (χ0v) is 37.4. The highest BCUT2D eigenvalue weighted by atomic mass is 15.3. The topological polar surface area (TPSA) is 6.48 Å². The average molecular weight is 741 g/mol. The van der Waals surface area contributed by atoms with Crippen LogP contribution in [0.4, 0.5) is 5.69 Å². The van der Waals surface area contributed by atoms with Gasteiger partial charge in [0.2, 0.25) is 6.71 Å². The Labute approximate surface area is 338 Å². The lowest BCUT2D eigenvalue weighted by Gasteiger charge is -2.60. The quantitative estimate of drug-likeness (QED) is 0.220. The fraction of sp³-hybridized carbons (Fsp3) is 0.731. The summed E-state index contributed by atoms with van der Waals surface area (Å²) >= 11 is 0. The number of anilines is 1. The first-order valence-corrected chi connectivity index (χ1v) is 23.4. The standard InChI is InChI=1S/C52H77BN2/c1-33-25-44-46-45(26-33)55-47-40(52(51(55,11)12)23-17-14-18-24-52)27-35(34-19-15-13-16-20-34)28-42(47)53(46)41-22-21-36(48(2,3)4)32-43(41)54(44)39-30-37(49(5,6)7)29-38(31-39)50(8,9)10/h21,27-30,33-34,38,41,43,45H,13-20,22-26,31-32H2,1-12H3. The third kappa shape index (κ3) is 5.89. The van der Waals surface area contributed by atoms with E-state index < -0.39 is 0 Å². The van der Waals surface area contributed by atoms with Crippen molar-refractivity contribution in [2.75, 3.05) is 4.90 Å². The van der Waals surface area contributed by atoms with Crippen molar-refractivity contribution in [3.63, 3.8) is 0 Å². The third-order valence-corrected chi connectivity index (χ3v) is 17.3. The van der Waals surface area contributed by atoms with Crippen LogP contribution in [0.15, 0.2) is 58.4 Å². The van der Waals surface area contributed by atoms with Gasteiger partial charge in [0.05, 0.1) is 0 Å². The van der Waals surface area contributed by atoms with Gasteiger partial charge in [-0.2, -0.15) is 0 Å². The van der Waals surface area contributed by atoms with E-state index in [2.05, 4.69) is 123 Å². The Kier molecular flexibility index (Phi) is 9.01. The molecule has 0 bridgehead atoms. The molecule has 0 amide bonds. The molecule has 3 heteroatoms. The van der Waals surface area contributed by atoms with Gasteiger partial charge in [0.15, 0.2) is 0 Å². The summed E-state index contributed by atoms with van der Waals surface area (Å²) in [7, 11) is 0. The second kappa shape index (κ2) is 12.9. The van der Waals surface area contributed by atoms with E-state index in [1.54, 1.807) is 44.8 Å². The minimum atomic E-state index is 0.109. The van der Waals surface area contributed by atoms with Crippen LogP contribution in [0.5, 0.6) is 0 Å². The van der Waals surface area contributed by atoms with E-state index in [9.17, 15) is 0 Å². The van der Waals surface area contributed by atoms with Crippen LogP contribution in [0.3, 0.4) is 0 Å². The van der Waals surface area contributed by atoms with Crippen molar-refractivity contribution in [2.45, 2.75) is 214 Å². The largest absolute Gasteiger partial charge is 0.360 e. The van der Waals surface area contributed by atoms with Crippen LogP contribution < -0.4 is 10.4 Å². The maximum absolute atomic E-state index is 3.14. The van der Waals surface area contributed by atoms with Crippen molar-refractivity contribution in [1.29, 1.82) is 0 Å². The van der Waals surface area contributed by atoms with Gasteiger partial charge in [-0.05, 0) is 134 Å². The Hall–Kier alpha value is -2.16. The molecular weight excluding hydrogens is 663 g/mol. The SMILES string of the molecule is CC1CC2=C3B(c4cc(C5CCCCC5)cc5c4N(C3C1)C(C)(C)C51CCCCC1)C1CC=C(C(C)(C)C)CC1N2C1=CC(C(C)(C)C)=CC(C(C)(C)C)C1. The summed E-state index contributed by atoms with van der Waals surface area (Å²) in [6.45, 7) is 30.8. The van der Waals surface area contributed by atoms with Crippen LogP contribution in [0.25, 0.3) is 0 Å². The van der Waals surface area contributed by atoms with Crippen molar-refractivity contribution >= 4 is 17.9 Å². The normalized spacial score (nSPS) is 31.8. The van der Waals surface area contributed by atoms with Gasteiger partial charge in [-0.3, -0.25) is 0 Å². The number of hydrogen-bond acceptors (Lipinski definition) is 2. The maximum atomic E-state index is 3.14. The Morgan fingerprint density at radius 2 is 1.49 bits per heavy atom. The Bertz CT molecular complexity index is 1830. The molecule has 55 heavy (non-hydrogen) atoms. The molecule has 5 unspecified atom stereocenters. The summed E-state index contributed by atoms with van der Waals surface area (Å²) in [5, 5.41) is 0. The number of allylic oxidation sites excluding steroid dienone is 6. The molecular formula is C52H77BN2. The van der Waals surface area contributed by atoms with Gasteiger partial charge in [-0.15, -0.1) is 0 Å². The van der Waals surface area contributed by atoms with Crippen LogP contribution in [0.1, 0.15) is 196 Å². The van der Waals surface area contributed by atoms with E-state index in [0.717, 1.165) is 12.3 Å². The highest BCUT2D eigenvalue weighted by Crippen LogP contribution is 2.64. The predicted molar refractivity (Wildman–Crippen MR) is 238 cm³/mol. The monoisotopic (exact) mass is 741 g/mol. The number of hydrogen-bond donors (Lipinski definition) is 0. The van der Waals surface area contributed by atoms with Gasteiger partial charge in [-0.25, -0.2) is 0 Å². The fourth-order valence-electron chi connectivity index (χ4n) is 14.1. The van der Waals surface area contributed by atoms with Gasteiger partial charge < -0.3 is 9.80 Å². The molecule has 0 radical (unpaired) electrons. The molecule has 1 aromatic rings. The van der Waals surface area contributed by atoms with Crippen LogP contribution >= 0.6 is 0 Å². The molecule has 0 aromatic heterocycles. The highest BCUT2D eigenvalue weighted by Gasteiger charge is 2.64. The third-order valence-electron chi connectivity index (χ3n) is 17.3. The molecule has 3 aliphatic heterocycles. The lowest BCUT2D eigenvalue weighted by Crippen LogP contribution is -2.67. The van der Waals surface area contributed by atoms with E-state index in [1.807, 2.05) is 5.47 Å². The lowest BCUT2D eigenvalue weighted by molar-refractivity contribution is 0.173. The predicted octanol–water partition coefficient (Wildman–Crippen LogP) is 13.6. The number of fused-ring (bicyclic) bond motifs is 5. The van der Waals surface area contributed by atoms with E-state index in [-0.39, 0.29) is 27.2 Å². The molecule has 5 aliphatic carbocycles. The Balaban J connectivity index is 1.31. The lowest BCUT2D eigenvalue weighted by atomic mass is 9.26. The van der Waals surface area contributed by atoms with Crippen molar-refractivity contribution in [2.24, 2.45) is 28.1 Å². The molecule has 3 heterocycles. The van der Waals surface area contributed by atoms with E-state index in [0.29, 0.717) is 36.4 Å². The molecule has 8 aliphatic rings. The van der Waals surface area contributed by atoms with Crippen molar-refractivity contribution in [1.82, 2.24) is 4.90 Å². The van der Waals surface area contributed by atoms with Crippen LogP contribution in [-0.2, 0) is 5.41 Å². The maximum Gasteiger partial charge on any atom is 0.217 e. The zero-order chi connectivity index (χ0) is 39.0. The van der Waals surface area contributed by atoms with Gasteiger partial charge in [-0.1, -0.05) is 149 Å². The van der Waals surface area contributed by atoms with Crippen molar-refractivity contribution in [3.05, 3.63) is 69.5 Å². The highest BCUT2D eigenvalue weighted by molar-refractivity contribution is 6.84. The Morgan fingerprint density at radius 1 is 0.800 bits per heavy atom. The molecule has 5 atom stereocenters. The molecule has 2 nitrogen and oxygen atoms in total.